The van der Waals surface area contributed by atoms with Gasteiger partial charge in [-0.3, -0.25) is 4.90 Å². The Kier molecular flexibility index (Phi) is 4.79. The second kappa shape index (κ2) is 6.18. The Balaban J connectivity index is 2.07. The summed E-state index contributed by atoms with van der Waals surface area (Å²) in [5, 5.41) is 0.587. The second-order valence-electron chi connectivity index (χ2n) is 5.41. The third-order valence-electron chi connectivity index (χ3n) is 3.86. The van der Waals surface area contributed by atoms with Crippen LogP contribution in [0, 0.1) is 5.82 Å². The van der Waals surface area contributed by atoms with Crippen molar-refractivity contribution in [3.05, 3.63) is 34.6 Å². The Morgan fingerprint density at radius 2 is 2.16 bits per heavy atom. The van der Waals surface area contributed by atoms with Crippen molar-refractivity contribution in [2.45, 2.75) is 18.5 Å². The maximum absolute atomic E-state index is 13.3. The minimum absolute atomic E-state index is 0.0490. The number of hydrogen-bond acceptors (Lipinski definition) is 3. The molecule has 0 spiro atoms. The van der Waals surface area contributed by atoms with Crippen molar-refractivity contribution in [1.29, 1.82) is 0 Å². The van der Waals surface area contributed by atoms with E-state index in [4.69, 9.17) is 17.3 Å². The van der Waals surface area contributed by atoms with Crippen molar-refractivity contribution < 1.29 is 4.39 Å². The largest absolute Gasteiger partial charge is 0.326 e. The molecule has 0 amide bonds. The Morgan fingerprint density at radius 1 is 1.42 bits per heavy atom. The maximum atomic E-state index is 13.3. The van der Waals surface area contributed by atoms with Crippen molar-refractivity contribution >= 4 is 11.6 Å². The van der Waals surface area contributed by atoms with Crippen molar-refractivity contribution in [3.63, 3.8) is 0 Å². The van der Waals surface area contributed by atoms with E-state index in [1.165, 1.54) is 12.1 Å². The van der Waals surface area contributed by atoms with Gasteiger partial charge in [0.05, 0.1) is 0 Å². The normalized spacial score (nSPS) is 23.5. The van der Waals surface area contributed by atoms with Crippen molar-refractivity contribution in [3.8, 4) is 0 Å². The molecule has 1 aromatic carbocycles. The summed E-state index contributed by atoms with van der Waals surface area (Å²) in [5.41, 5.74) is 7.09. The third kappa shape index (κ3) is 3.66. The molecule has 1 saturated heterocycles. The molecule has 0 saturated carbocycles. The first-order chi connectivity index (χ1) is 8.97. The number of benzene rings is 1. The number of piperazine rings is 1. The van der Waals surface area contributed by atoms with Crippen LogP contribution in [0.1, 0.15) is 5.56 Å². The molecular formula is C14H21ClFN3. The van der Waals surface area contributed by atoms with E-state index < -0.39 is 0 Å². The van der Waals surface area contributed by atoms with E-state index >= 15 is 0 Å². The molecule has 5 heteroatoms. The first-order valence-electron chi connectivity index (χ1n) is 6.55. The fraction of sp³-hybridized carbons (Fsp3) is 0.571. The monoisotopic (exact) mass is 285 g/mol. The quantitative estimate of drug-likeness (QED) is 0.916. The van der Waals surface area contributed by atoms with Crippen LogP contribution in [0.3, 0.4) is 0 Å². The van der Waals surface area contributed by atoms with Gasteiger partial charge in [-0.1, -0.05) is 11.6 Å². The zero-order chi connectivity index (χ0) is 14.0. The van der Waals surface area contributed by atoms with Crippen LogP contribution in [0.2, 0.25) is 5.02 Å². The van der Waals surface area contributed by atoms with Gasteiger partial charge >= 0.3 is 0 Å². The highest BCUT2D eigenvalue weighted by Crippen LogP contribution is 2.20. The fourth-order valence-corrected chi connectivity index (χ4v) is 2.79. The van der Waals surface area contributed by atoms with Crippen LogP contribution in [0.25, 0.3) is 0 Å². The molecule has 2 rings (SSSR count). The number of hydrogen-bond donors (Lipinski definition) is 1. The molecule has 2 N–H and O–H groups in total. The second-order valence-corrected chi connectivity index (χ2v) is 5.82. The molecule has 0 radical (unpaired) electrons. The third-order valence-corrected chi connectivity index (χ3v) is 4.23. The summed E-state index contributed by atoms with van der Waals surface area (Å²) < 4.78 is 13.3. The summed E-state index contributed by atoms with van der Waals surface area (Å²) in [6.07, 6.45) is 0.597. The lowest BCUT2D eigenvalue weighted by Gasteiger charge is -2.40. The number of likely N-dealkylation sites (N-methyl/N-ethyl adjacent to an activating group) is 2. The maximum Gasteiger partial charge on any atom is 0.123 e. The van der Waals surface area contributed by atoms with Crippen LogP contribution < -0.4 is 5.73 Å². The van der Waals surface area contributed by atoms with Crippen LogP contribution in [0.4, 0.5) is 4.39 Å². The molecule has 2 unspecified atom stereocenters. The molecular weight excluding hydrogens is 265 g/mol. The summed E-state index contributed by atoms with van der Waals surface area (Å²) in [6.45, 7) is 3.00. The molecule has 0 aliphatic carbocycles. The average molecular weight is 286 g/mol. The van der Waals surface area contributed by atoms with E-state index in [2.05, 4.69) is 23.9 Å². The van der Waals surface area contributed by atoms with E-state index in [9.17, 15) is 4.39 Å². The van der Waals surface area contributed by atoms with Crippen molar-refractivity contribution in [2.24, 2.45) is 5.73 Å². The minimum atomic E-state index is -0.263. The van der Waals surface area contributed by atoms with E-state index in [-0.39, 0.29) is 17.9 Å². The predicted octanol–water partition coefficient (Wildman–Crippen LogP) is 1.59. The van der Waals surface area contributed by atoms with Gasteiger partial charge in [-0.2, -0.15) is 0 Å². The van der Waals surface area contributed by atoms with Gasteiger partial charge < -0.3 is 10.6 Å². The fourth-order valence-electron chi connectivity index (χ4n) is 2.60. The van der Waals surface area contributed by atoms with Gasteiger partial charge in [0.1, 0.15) is 5.82 Å². The summed E-state index contributed by atoms with van der Waals surface area (Å²) in [7, 11) is 4.19. The summed E-state index contributed by atoms with van der Waals surface area (Å²) in [5.74, 6) is -0.263. The van der Waals surface area contributed by atoms with Crippen LogP contribution >= 0.6 is 11.6 Å². The highest BCUT2D eigenvalue weighted by atomic mass is 35.5. The lowest BCUT2D eigenvalue weighted by Crippen LogP contribution is -2.58. The van der Waals surface area contributed by atoms with Crippen LogP contribution in [0.5, 0.6) is 0 Å². The Morgan fingerprint density at radius 3 is 2.89 bits per heavy atom. The Hall–Kier alpha value is -0.680. The van der Waals surface area contributed by atoms with Crippen LogP contribution in [-0.4, -0.2) is 55.6 Å². The highest BCUT2D eigenvalue weighted by molar-refractivity contribution is 6.31. The molecule has 1 aliphatic heterocycles. The molecule has 0 bridgehead atoms. The van der Waals surface area contributed by atoms with Gasteiger partial charge in [-0.05, 0) is 44.3 Å². The van der Waals surface area contributed by atoms with Crippen LogP contribution in [0.15, 0.2) is 18.2 Å². The molecule has 0 aromatic heterocycles. The minimum Gasteiger partial charge on any atom is -0.326 e. The van der Waals surface area contributed by atoms with E-state index in [1.807, 2.05) is 0 Å². The van der Waals surface area contributed by atoms with Gasteiger partial charge in [-0.25, -0.2) is 4.39 Å². The van der Waals surface area contributed by atoms with Crippen molar-refractivity contribution in [2.75, 3.05) is 33.7 Å². The molecule has 19 heavy (non-hydrogen) atoms. The topological polar surface area (TPSA) is 32.5 Å². The lowest BCUT2D eigenvalue weighted by atomic mass is 9.97. The van der Waals surface area contributed by atoms with E-state index in [0.717, 1.165) is 25.2 Å². The van der Waals surface area contributed by atoms with Gasteiger partial charge in [0.15, 0.2) is 0 Å². The smallest absolute Gasteiger partial charge is 0.123 e. The Bertz CT molecular complexity index is 441. The molecule has 3 nitrogen and oxygen atoms in total. The summed E-state index contributed by atoms with van der Waals surface area (Å²) in [4.78, 5) is 4.55. The first-order valence-corrected chi connectivity index (χ1v) is 6.93. The zero-order valence-electron chi connectivity index (χ0n) is 11.4. The van der Waals surface area contributed by atoms with Gasteiger partial charge in [0.2, 0.25) is 0 Å². The van der Waals surface area contributed by atoms with Crippen molar-refractivity contribution in [1.82, 2.24) is 9.80 Å². The summed E-state index contributed by atoms with van der Waals surface area (Å²) in [6, 6.07) is 4.67. The highest BCUT2D eigenvalue weighted by Gasteiger charge is 2.28. The first kappa shape index (κ1) is 14.7. The number of nitrogens with two attached hydrogens (primary N) is 1. The summed E-state index contributed by atoms with van der Waals surface area (Å²) >= 11 is 6.10. The van der Waals surface area contributed by atoms with E-state index in [0.29, 0.717) is 11.4 Å². The molecule has 1 heterocycles. The molecule has 1 aromatic rings. The Labute approximate surface area is 119 Å². The standard InChI is InChI=1S/C14H21ClFN3/c1-18-5-6-19(2)14(9-18)13(17)8-10-7-11(16)3-4-12(10)15/h3-4,7,13-14H,5-6,8-9,17H2,1-2H3. The number of halogens is 2. The molecule has 106 valence electrons. The van der Waals surface area contributed by atoms with Crippen LogP contribution in [-0.2, 0) is 6.42 Å². The average Bonchev–Trinajstić information content (AvgIpc) is 2.36. The van der Waals surface area contributed by atoms with E-state index in [1.54, 1.807) is 6.07 Å². The zero-order valence-corrected chi connectivity index (χ0v) is 12.2. The van der Waals surface area contributed by atoms with Gasteiger partial charge in [0.25, 0.3) is 0 Å². The SMILES string of the molecule is CN1CCN(C)C(C(N)Cc2cc(F)ccc2Cl)C1. The molecule has 1 fully saturated rings. The van der Waals surface area contributed by atoms with Gasteiger partial charge in [-0.15, -0.1) is 0 Å². The lowest BCUT2D eigenvalue weighted by molar-refractivity contribution is 0.0973. The molecule has 1 aliphatic rings. The van der Waals surface area contributed by atoms with Gasteiger partial charge in [0, 0.05) is 36.7 Å². The molecule has 2 atom stereocenters. The number of nitrogens with zero attached hydrogens (tertiary/aromatic N) is 2. The number of rotatable bonds is 3. The predicted molar refractivity (Wildman–Crippen MR) is 77.0 cm³/mol.